The first-order valence-corrected chi connectivity index (χ1v) is 6.87. The third-order valence-corrected chi connectivity index (χ3v) is 3.32. The molecule has 1 aromatic rings. The Morgan fingerprint density at radius 1 is 1.26 bits per heavy atom. The number of sulfone groups is 1. The molecule has 0 heterocycles. The summed E-state index contributed by atoms with van der Waals surface area (Å²) in [5.74, 6) is -3.40. The average Bonchev–Trinajstić information content (AvgIpc) is 2.28. The number of nitrogens with one attached hydrogen (secondary N) is 1. The zero-order chi connectivity index (χ0) is 14.5. The number of carbonyl (C=O) groups is 2. The Labute approximate surface area is 109 Å². The number of carboxylic acids is 1. The Kier molecular flexibility index (Phi) is 4.61. The molecule has 0 fully saturated rings. The molecule has 0 saturated carbocycles. The normalized spacial score (nSPS) is 10.5. The summed E-state index contributed by atoms with van der Waals surface area (Å²) < 4.78 is 22.4. The van der Waals surface area contributed by atoms with Crippen LogP contribution in [0.3, 0.4) is 0 Å². The molecule has 0 atom stereocenters. The third-order valence-electron chi connectivity index (χ3n) is 2.05. The van der Waals surface area contributed by atoms with Gasteiger partial charge in [0.05, 0.1) is 11.6 Å². The molecule has 0 bridgehead atoms. The van der Waals surface area contributed by atoms with Crippen molar-refractivity contribution in [3.8, 4) is 6.07 Å². The van der Waals surface area contributed by atoms with Gasteiger partial charge in [-0.2, -0.15) is 5.26 Å². The number of benzene rings is 1. The van der Waals surface area contributed by atoms with E-state index >= 15 is 0 Å². The fourth-order valence-corrected chi connectivity index (χ4v) is 2.01. The van der Waals surface area contributed by atoms with Crippen LogP contribution < -0.4 is 5.32 Å². The van der Waals surface area contributed by atoms with Crippen LogP contribution in [-0.4, -0.2) is 36.9 Å². The lowest BCUT2D eigenvalue weighted by molar-refractivity contribution is -0.113. The van der Waals surface area contributed by atoms with E-state index in [1.165, 1.54) is 30.3 Å². The highest BCUT2D eigenvalue weighted by Gasteiger charge is 2.16. The summed E-state index contributed by atoms with van der Waals surface area (Å²) in [5.41, 5.74) is 0.331. The van der Waals surface area contributed by atoms with E-state index in [0.717, 1.165) is 0 Å². The van der Waals surface area contributed by atoms with Crippen molar-refractivity contribution in [2.75, 3.05) is 16.8 Å². The molecular formula is C11H10N2O5S. The number of nitriles is 1. The van der Waals surface area contributed by atoms with Crippen LogP contribution in [0, 0.1) is 11.3 Å². The van der Waals surface area contributed by atoms with Crippen molar-refractivity contribution < 1.29 is 23.1 Å². The van der Waals surface area contributed by atoms with Crippen LogP contribution in [0.4, 0.5) is 5.69 Å². The van der Waals surface area contributed by atoms with E-state index in [4.69, 9.17) is 10.4 Å². The first-order chi connectivity index (χ1) is 8.84. The molecule has 1 aromatic carbocycles. The molecule has 0 aromatic heterocycles. The zero-order valence-corrected chi connectivity index (χ0v) is 10.5. The highest BCUT2D eigenvalue weighted by atomic mass is 32.2. The standard InChI is InChI=1S/C11H10N2O5S/c12-5-6-19(17,18)7-10(14)13-9-3-1-8(2-4-9)11(15)16/h1-4H,6-7H2,(H,13,14)(H,15,16). The predicted octanol–water partition coefficient (Wildman–Crippen LogP) is 0.262. The second kappa shape index (κ2) is 5.97. The van der Waals surface area contributed by atoms with E-state index in [1.54, 1.807) is 0 Å². The molecule has 1 amide bonds. The van der Waals surface area contributed by atoms with Gasteiger partial charge in [0.25, 0.3) is 0 Å². The summed E-state index contributed by atoms with van der Waals surface area (Å²) >= 11 is 0. The van der Waals surface area contributed by atoms with E-state index in [-0.39, 0.29) is 11.3 Å². The number of nitrogens with zero attached hydrogens (tertiary/aromatic N) is 1. The lowest BCUT2D eigenvalue weighted by atomic mass is 10.2. The van der Waals surface area contributed by atoms with Crippen LogP contribution in [0.5, 0.6) is 0 Å². The van der Waals surface area contributed by atoms with Crippen molar-refractivity contribution in [3.63, 3.8) is 0 Å². The fourth-order valence-electron chi connectivity index (χ4n) is 1.24. The van der Waals surface area contributed by atoms with Crippen molar-refractivity contribution in [1.29, 1.82) is 5.26 Å². The largest absolute Gasteiger partial charge is 0.478 e. The van der Waals surface area contributed by atoms with Crippen LogP contribution in [0.25, 0.3) is 0 Å². The molecule has 1 rings (SSSR count). The molecule has 100 valence electrons. The number of hydrogen-bond donors (Lipinski definition) is 2. The smallest absolute Gasteiger partial charge is 0.335 e. The number of hydrogen-bond acceptors (Lipinski definition) is 5. The van der Waals surface area contributed by atoms with Crippen molar-refractivity contribution >= 4 is 27.4 Å². The van der Waals surface area contributed by atoms with E-state index < -0.39 is 33.2 Å². The fraction of sp³-hybridized carbons (Fsp3) is 0.182. The van der Waals surface area contributed by atoms with Crippen LogP contribution in [0.1, 0.15) is 10.4 Å². The summed E-state index contributed by atoms with van der Waals surface area (Å²) in [6.07, 6.45) is 0. The van der Waals surface area contributed by atoms with Gasteiger partial charge in [0.2, 0.25) is 5.91 Å². The van der Waals surface area contributed by atoms with E-state index in [0.29, 0.717) is 0 Å². The molecule has 0 aliphatic heterocycles. The van der Waals surface area contributed by atoms with E-state index in [9.17, 15) is 18.0 Å². The highest BCUT2D eigenvalue weighted by Crippen LogP contribution is 2.09. The molecule has 0 spiro atoms. The van der Waals surface area contributed by atoms with Gasteiger partial charge in [-0.15, -0.1) is 0 Å². The summed E-state index contributed by atoms with van der Waals surface area (Å²) in [4.78, 5) is 22.0. The summed E-state index contributed by atoms with van der Waals surface area (Å²) in [5, 5.41) is 19.2. The average molecular weight is 282 g/mol. The maximum atomic E-state index is 11.4. The first kappa shape index (κ1) is 14.7. The Balaban J connectivity index is 2.68. The molecule has 0 unspecified atom stereocenters. The Morgan fingerprint density at radius 2 is 1.84 bits per heavy atom. The molecule has 8 heteroatoms. The predicted molar refractivity (Wildman–Crippen MR) is 66.3 cm³/mol. The lowest BCUT2D eigenvalue weighted by Crippen LogP contribution is -2.24. The van der Waals surface area contributed by atoms with Crippen LogP contribution in [0.2, 0.25) is 0 Å². The van der Waals surface area contributed by atoms with Gasteiger partial charge in [0, 0.05) is 5.69 Å². The molecule has 0 radical (unpaired) electrons. The van der Waals surface area contributed by atoms with Crippen LogP contribution in [0.15, 0.2) is 24.3 Å². The van der Waals surface area contributed by atoms with Gasteiger partial charge in [-0.3, -0.25) is 4.79 Å². The van der Waals surface area contributed by atoms with E-state index in [1.807, 2.05) is 0 Å². The molecule has 0 aliphatic rings. The molecule has 0 aliphatic carbocycles. The van der Waals surface area contributed by atoms with Gasteiger partial charge in [0.1, 0.15) is 11.5 Å². The Bertz CT molecular complexity index is 628. The number of aromatic carboxylic acids is 1. The van der Waals surface area contributed by atoms with Crippen LogP contribution >= 0.6 is 0 Å². The Morgan fingerprint density at radius 3 is 2.32 bits per heavy atom. The van der Waals surface area contributed by atoms with Crippen molar-refractivity contribution in [2.24, 2.45) is 0 Å². The first-order valence-electron chi connectivity index (χ1n) is 5.04. The minimum Gasteiger partial charge on any atom is -0.478 e. The maximum absolute atomic E-state index is 11.4. The van der Waals surface area contributed by atoms with Gasteiger partial charge >= 0.3 is 5.97 Å². The molecule has 7 nitrogen and oxygen atoms in total. The van der Waals surface area contributed by atoms with Crippen molar-refractivity contribution in [2.45, 2.75) is 0 Å². The molecule has 0 saturated heterocycles. The number of anilines is 1. The number of amides is 1. The second-order valence-corrected chi connectivity index (χ2v) is 5.69. The molecule has 19 heavy (non-hydrogen) atoms. The zero-order valence-electron chi connectivity index (χ0n) is 9.66. The van der Waals surface area contributed by atoms with E-state index in [2.05, 4.69) is 5.32 Å². The molecular weight excluding hydrogens is 272 g/mol. The van der Waals surface area contributed by atoms with Gasteiger partial charge in [-0.25, -0.2) is 13.2 Å². The lowest BCUT2D eigenvalue weighted by Gasteiger charge is -2.05. The third kappa shape index (κ3) is 4.77. The number of carbonyl (C=O) groups excluding carboxylic acids is 1. The van der Waals surface area contributed by atoms with Crippen molar-refractivity contribution in [3.05, 3.63) is 29.8 Å². The summed E-state index contributed by atoms with van der Waals surface area (Å²) in [7, 11) is -3.74. The minimum absolute atomic E-state index is 0.0510. The van der Waals surface area contributed by atoms with Gasteiger partial charge in [0.15, 0.2) is 9.84 Å². The summed E-state index contributed by atoms with van der Waals surface area (Å²) in [6.45, 7) is 0. The SMILES string of the molecule is N#CCS(=O)(=O)CC(=O)Nc1ccc(C(=O)O)cc1. The number of rotatable bonds is 5. The molecule has 2 N–H and O–H groups in total. The Hall–Kier alpha value is -2.40. The topological polar surface area (TPSA) is 124 Å². The summed E-state index contributed by atoms with van der Waals surface area (Å²) in [6, 6.07) is 6.71. The van der Waals surface area contributed by atoms with Crippen molar-refractivity contribution in [1.82, 2.24) is 0 Å². The highest BCUT2D eigenvalue weighted by molar-refractivity contribution is 7.92. The quantitative estimate of drug-likeness (QED) is 0.798. The minimum atomic E-state index is -3.74. The monoisotopic (exact) mass is 282 g/mol. The van der Waals surface area contributed by atoms with Gasteiger partial charge in [-0.1, -0.05) is 0 Å². The van der Waals surface area contributed by atoms with Crippen LogP contribution in [-0.2, 0) is 14.6 Å². The van der Waals surface area contributed by atoms with Gasteiger partial charge < -0.3 is 10.4 Å². The number of carboxylic acid groups (broad SMARTS) is 1. The van der Waals surface area contributed by atoms with Gasteiger partial charge in [-0.05, 0) is 24.3 Å². The second-order valence-electron chi connectivity index (χ2n) is 3.62. The maximum Gasteiger partial charge on any atom is 0.335 e.